The highest BCUT2D eigenvalue weighted by molar-refractivity contribution is 5.93. The second kappa shape index (κ2) is 7.98. The highest BCUT2D eigenvalue weighted by Gasteiger charge is 2.08. The van der Waals surface area contributed by atoms with E-state index in [9.17, 15) is 9.59 Å². The maximum absolute atomic E-state index is 12.0. The number of esters is 1. The van der Waals surface area contributed by atoms with Gasteiger partial charge in [0, 0.05) is 17.8 Å². The minimum Gasteiger partial charge on any atom is -0.462 e. The van der Waals surface area contributed by atoms with Crippen LogP contribution in [-0.2, 0) is 16.0 Å². The lowest BCUT2D eigenvalue weighted by molar-refractivity contribution is -0.116. The molecule has 0 saturated carbocycles. The van der Waals surface area contributed by atoms with E-state index >= 15 is 0 Å². The van der Waals surface area contributed by atoms with Crippen LogP contribution in [-0.4, -0.2) is 18.5 Å². The van der Waals surface area contributed by atoms with Crippen molar-refractivity contribution in [3.05, 3.63) is 59.7 Å². The van der Waals surface area contributed by atoms with Gasteiger partial charge in [0.1, 0.15) is 0 Å². The molecule has 0 fully saturated rings. The first-order chi connectivity index (χ1) is 11.1. The van der Waals surface area contributed by atoms with E-state index in [-0.39, 0.29) is 11.9 Å². The normalized spacial score (nSPS) is 10.1. The third-order valence-electron chi connectivity index (χ3n) is 3.36. The molecule has 0 spiro atoms. The Bertz CT molecular complexity index is 681. The summed E-state index contributed by atoms with van der Waals surface area (Å²) in [5, 5.41) is 2.80. The molecule has 0 unspecified atom stereocenters. The first-order valence-corrected chi connectivity index (χ1v) is 7.50. The second-order valence-corrected chi connectivity index (χ2v) is 5.04. The highest BCUT2D eigenvalue weighted by atomic mass is 16.5. The van der Waals surface area contributed by atoms with Gasteiger partial charge in [-0.1, -0.05) is 18.2 Å². The van der Waals surface area contributed by atoms with Crippen LogP contribution in [0.1, 0.15) is 29.3 Å². The predicted molar refractivity (Wildman–Crippen MR) is 90.2 cm³/mol. The number of aryl methyl sites for hydroxylation is 1. The molecule has 0 bridgehead atoms. The average molecular weight is 312 g/mol. The van der Waals surface area contributed by atoms with E-state index < -0.39 is 0 Å². The summed E-state index contributed by atoms with van der Waals surface area (Å²) in [5.41, 5.74) is 8.61. The van der Waals surface area contributed by atoms with E-state index in [1.807, 2.05) is 24.3 Å². The van der Waals surface area contributed by atoms with Crippen LogP contribution in [0.2, 0.25) is 0 Å². The zero-order valence-corrected chi connectivity index (χ0v) is 13.0. The first-order valence-electron chi connectivity index (χ1n) is 7.50. The van der Waals surface area contributed by atoms with Crippen LogP contribution in [0.4, 0.5) is 11.4 Å². The van der Waals surface area contributed by atoms with E-state index in [1.165, 1.54) is 0 Å². The largest absolute Gasteiger partial charge is 0.462 e. The number of para-hydroxylation sites is 1. The van der Waals surface area contributed by atoms with E-state index in [1.54, 1.807) is 31.2 Å². The second-order valence-electron chi connectivity index (χ2n) is 5.04. The molecule has 23 heavy (non-hydrogen) atoms. The Labute approximate surface area is 135 Å². The molecule has 2 rings (SSSR count). The van der Waals surface area contributed by atoms with Crippen molar-refractivity contribution in [2.24, 2.45) is 0 Å². The Morgan fingerprint density at radius 1 is 1.09 bits per heavy atom. The summed E-state index contributed by atoms with van der Waals surface area (Å²) in [6.45, 7) is 2.09. The van der Waals surface area contributed by atoms with Crippen molar-refractivity contribution in [3.63, 3.8) is 0 Å². The van der Waals surface area contributed by atoms with E-state index in [4.69, 9.17) is 10.5 Å². The topological polar surface area (TPSA) is 81.4 Å². The van der Waals surface area contributed by atoms with Gasteiger partial charge < -0.3 is 15.8 Å². The molecular formula is C18H20N2O3. The molecule has 0 aliphatic carbocycles. The number of nitrogens with two attached hydrogens (primary N) is 1. The third-order valence-corrected chi connectivity index (χ3v) is 3.36. The summed E-state index contributed by atoms with van der Waals surface area (Å²) in [4.78, 5) is 23.5. The predicted octanol–water partition coefficient (Wildman–Crippen LogP) is 3.02. The minimum atomic E-state index is -0.370. The van der Waals surface area contributed by atoms with Gasteiger partial charge in [-0.05, 0) is 49.2 Å². The Hall–Kier alpha value is -2.82. The van der Waals surface area contributed by atoms with Crippen molar-refractivity contribution >= 4 is 23.3 Å². The highest BCUT2D eigenvalue weighted by Crippen LogP contribution is 2.14. The Morgan fingerprint density at radius 3 is 2.43 bits per heavy atom. The Morgan fingerprint density at radius 2 is 1.78 bits per heavy atom. The number of benzene rings is 2. The van der Waals surface area contributed by atoms with Crippen molar-refractivity contribution in [2.75, 3.05) is 17.7 Å². The van der Waals surface area contributed by atoms with Crippen molar-refractivity contribution in [2.45, 2.75) is 19.8 Å². The van der Waals surface area contributed by atoms with Gasteiger partial charge in [0.2, 0.25) is 5.91 Å². The first kappa shape index (κ1) is 16.5. The summed E-state index contributed by atoms with van der Waals surface area (Å²) >= 11 is 0. The molecule has 1 amide bonds. The van der Waals surface area contributed by atoms with Gasteiger partial charge in [0.15, 0.2) is 0 Å². The molecule has 5 nitrogen and oxygen atoms in total. The molecule has 0 aliphatic heterocycles. The van der Waals surface area contributed by atoms with Gasteiger partial charge in [0.05, 0.1) is 12.2 Å². The van der Waals surface area contributed by atoms with Gasteiger partial charge in [0.25, 0.3) is 0 Å². The fourth-order valence-electron chi connectivity index (χ4n) is 2.14. The standard InChI is InChI=1S/C18H20N2O3/c1-2-23-18(22)14-7-10-15(11-8-14)20-17(21)12-9-13-5-3-4-6-16(13)19/h3-8,10-11H,2,9,12,19H2,1H3,(H,20,21). The number of carbonyl (C=O) groups excluding carboxylic acids is 2. The lowest BCUT2D eigenvalue weighted by Gasteiger charge is -2.08. The zero-order valence-electron chi connectivity index (χ0n) is 13.0. The molecule has 3 N–H and O–H groups in total. The van der Waals surface area contributed by atoms with Crippen LogP contribution in [0, 0.1) is 0 Å². The minimum absolute atomic E-state index is 0.0999. The third kappa shape index (κ3) is 4.85. The molecule has 120 valence electrons. The molecule has 0 heterocycles. The monoisotopic (exact) mass is 312 g/mol. The van der Waals surface area contributed by atoms with Gasteiger partial charge in [-0.15, -0.1) is 0 Å². The summed E-state index contributed by atoms with van der Waals surface area (Å²) in [7, 11) is 0. The molecule has 0 aliphatic rings. The number of nitrogen functional groups attached to an aromatic ring is 1. The number of ether oxygens (including phenoxy) is 1. The number of anilines is 2. The SMILES string of the molecule is CCOC(=O)c1ccc(NC(=O)CCc2ccccc2N)cc1. The molecule has 0 atom stereocenters. The molecule has 2 aromatic rings. The van der Waals surface area contributed by atoms with E-state index in [0.29, 0.717) is 36.4 Å². The summed E-state index contributed by atoms with van der Waals surface area (Å²) in [5.74, 6) is -0.470. The van der Waals surface area contributed by atoms with Gasteiger partial charge in [-0.2, -0.15) is 0 Å². The van der Waals surface area contributed by atoms with E-state index in [2.05, 4.69) is 5.32 Å². The fraction of sp³-hybridized carbons (Fsp3) is 0.222. The maximum atomic E-state index is 12.0. The maximum Gasteiger partial charge on any atom is 0.338 e. The van der Waals surface area contributed by atoms with Crippen molar-refractivity contribution in [1.29, 1.82) is 0 Å². The Balaban J connectivity index is 1.88. The number of rotatable bonds is 6. The zero-order chi connectivity index (χ0) is 16.7. The number of carbonyl (C=O) groups is 2. The number of nitrogens with one attached hydrogen (secondary N) is 1. The summed E-state index contributed by atoms with van der Waals surface area (Å²) < 4.78 is 4.91. The van der Waals surface area contributed by atoms with Crippen molar-refractivity contribution < 1.29 is 14.3 Å². The molecule has 2 aromatic carbocycles. The smallest absolute Gasteiger partial charge is 0.338 e. The molecule has 0 aromatic heterocycles. The van der Waals surface area contributed by atoms with Crippen LogP contribution < -0.4 is 11.1 Å². The average Bonchev–Trinajstić information content (AvgIpc) is 2.55. The summed E-state index contributed by atoms with van der Waals surface area (Å²) in [6.07, 6.45) is 0.924. The molecular weight excluding hydrogens is 292 g/mol. The van der Waals surface area contributed by atoms with Crippen LogP contribution >= 0.6 is 0 Å². The van der Waals surface area contributed by atoms with Gasteiger partial charge in [-0.25, -0.2) is 4.79 Å². The van der Waals surface area contributed by atoms with Gasteiger partial charge >= 0.3 is 5.97 Å². The van der Waals surface area contributed by atoms with Gasteiger partial charge in [-0.3, -0.25) is 4.79 Å². The Kier molecular flexibility index (Phi) is 5.74. The lowest BCUT2D eigenvalue weighted by Crippen LogP contribution is -2.13. The van der Waals surface area contributed by atoms with E-state index in [0.717, 1.165) is 5.56 Å². The van der Waals surface area contributed by atoms with Crippen LogP contribution in [0.3, 0.4) is 0 Å². The van der Waals surface area contributed by atoms with Crippen molar-refractivity contribution in [3.8, 4) is 0 Å². The quantitative estimate of drug-likeness (QED) is 0.634. The summed E-state index contributed by atoms with van der Waals surface area (Å²) in [6, 6.07) is 14.1. The number of hydrogen-bond donors (Lipinski definition) is 2. The molecule has 0 radical (unpaired) electrons. The van der Waals surface area contributed by atoms with Crippen LogP contribution in [0.15, 0.2) is 48.5 Å². The molecule has 0 saturated heterocycles. The van der Waals surface area contributed by atoms with Crippen LogP contribution in [0.5, 0.6) is 0 Å². The van der Waals surface area contributed by atoms with Crippen molar-refractivity contribution in [1.82, 2.24) is 0 Å². The number of hydrogen-bond acceptors (Lipinski definition) is 4. The number of amides is 1. The fourth-order valence-corrected chi connectivity index (χ4v) is 2.14. The van der Waals surface area contributed by atoms with Crippen LogP contribution in [0.25, 0.3) is 0 Å². The molecule has 5 heteroatoms. The lowest BCUT2D eigenvalue weighted by atomic mass is 10.1.